The highest BCUT2D eigenvalue weighted by Crippen LogP contribution is 2.37. The van der Waals surface area contributed by atoms with Crippen LogP contribution in [0.15, 0.2) is 30.5 Å². The minimum Gasteiger partial charge on any atom is -0.489 e. The summed E-state index contributed by atoms with van der Waals surface area (Å²) in [7, 11) is 1.97. The zero-order chi connectivity index (χ0) is 22.5. The molecule has 1 atom stereocenters. The van der Waals surface area contributed by atoms with Gasteiger partial charge in [0.05, 0.1) is 17.7 Å². The summed E-state index contributed by atoms with van der Waals surface area (Å²) < 4.78 is 19.9. The Balaban J connectivity index is 1.84. The van der Waals surface area contributed by atoms with Gasteiger partial charge in [0, 0.05) is 36.5 Å². The third-order valence-corrected chi connectivity index (χ3v) is 6.25. The highest BCUT2D eigenvalue weighted by atomic mass is 35.5. The van der Waals surface area contributed by atoms with Gasteiger partial charge in [-0.05, 0) is 43.8 Å². The third kappa shape index (κ3) is 5.61. The maximum Gasteiger partial charge on any atom is 0.165 e. The SMILES string of the molecule is CC(C)N(C)c1cc(-c2nnc(-c3cc(F)c(OCC(CO)NCl)cc3Cl)s2)ccn1. The molecule has 0 bridgehead atoms. The highest BCUT2D eigenvalue weighted by molar-refractivity contribution is 7.18. The number of hydrogen-bond acceptors (Lipinski definition) is 8. The molecule has 31 heavy (non-hydrogen) atoms. The van der Waals surface area contributed by atoms with Crippen molar-refractivity contribution in [3.05, 3.63) is 41.3 Å². The lowest BCUT2D eigenvalue weighted by molar-refractivity contribution is 0.194. The summed E-state index contributed by atoms with van der Waals surface area (Å²) in [6, 6.07) is 6.18. The van der Waals surface area contributed by atoms with Crippen molar-refractivity contribution in [1.82, 2.24) is 20.0 Å². The van der Waals surface area contributed by atoms with Gasteiger partial charge in [-0.25, -0.2) is 14.2 Å². The molecule has 11 heteroatoms. The molecule has 3 aromatic rings. The fourth-order valence-corrected chi connectivity index (χ4v) is 3.87. The van der Waals surface area contributed by atoms with E-state index in [0.29, 0.717) is 21.6 Å². The van der Waals surface area contributed by atoms with E-state index in [-0.39, 0.29) is 24.0 Å². The summed E-state index contributed by atoms with van der Waals surface area (Å²) >= 11 is 13.1. The van der Waals surface area contributed by atoms with E-state index in [2.05, 4.69) is 38.8 Å². The Kier molecular flexibility index (Phi) is 8.01. The van der Waals surface area contributed by atoms with E-state index < -0.39 is 11.9 Å². The number of aliphatic hydroxyl groups excluding tert-OH is 1. The Morgan fingerprint density at radius 1 is 1.26 bits per heavy atom. The molecule has 0 saturated heterocycles. The van der Waals surface area contributed by atoms with E-state index in [1.165, 1.54) is 23.5 Å². The van der Waals surface area contributed by atoms with Gasteiger partial charge in [-0.2, -0.15) is 0 Å². The zero-order valence-electron chi connectivity index (χ0n) is 17.1. The van der Waals surface area contributed by atoms with Gasteiger partial charge < -0.3 is 14.7 Å². The molecule has 3 rings (SSSR count). The van der Waals surface area contributed by atoms with Crippen LogP contribution in [0.3, 0.4) is 0 Å². The van der Waals surface area contributed by atoms with E-state index in [1.807, 2.05) is 19.2 Å². The fraction of sp³-hybridized carbons (Fsp3) is 0.350. The molecule has 2 N–H and O–H groups in total. The first-order valence-electron chi connectivity index (χ1n) is 9.46. The second-order valence-electron chi connectivity index (χ2n) is 7.08. The van der Waals surface area contributed by atoms with Gasteiger partial charge in [0.15, 0.2) is 11.6 Å². The minimum atomic E-state index is -0.604. The van der Waals surface area contributed by atoms with Crippen molar-refractivity contribution in [3.63, 3.8) is 0 Å². The Labute approximate surface area is 193 Å². The molecule has 0 amide bonds. The van der Waals surface area contributed by atoms with Crippen LogP contribution in [0, 0.1) is 5.82 Å². The van der Waals surface area contributed by atoms with Gasteiger partial charge in [0.1, 0.15) is 22.4 Å². The molecule has 2 aromatic heterocycles. The average Bonchev–Trinajstić information content (AvgIpc) is 3.26. The van der Waals surface area contributed by atoms with Gasteiger partial charge in [-0.1, -0.05) is 22.9 Å². The van der Waals surface area contributed by atoms with Crippen LogP contribution in [0.25, 0.3) is 21.1 Å². The number of nitrogens with zero attached hydrogens (tertiary/aromatic N) is 4. The van der Waals surface area contributed by atoms with E-state index in [1.54, 1.807) is 6.20 Å². The summed E-state index contributed by atoms with van der Waals surface area (Å²) in [4.78, 5) is 8.80. The van der Waals surface area contributed by atoms with Crippen molar-refractivity contribution in [3.8, 4) is 26.9 Å². The molecular formula is C20H22Cl2FN5O2S. The summed E-state index contributed by atoms with van der Waals surface area (Å²) in [6.45, 7) is 3.88. The number of anilines is 1. The number of halogens is 3. The molecule has 7 nitrogen and oxygen atoms in total. The molecule has 2 heterocycles. The van der Waals surface area contributed by atoms with Crippen molar-refractivity contribution in [2.75, 3.05) is 25.2 Å². The molecule has 0 aliphatic rings. The summed E-state index contributed by atoms with van der Waals surface area (Å²) in [5.41, 5.74) is 1.28. The Morgan fingerprint density at radius 2 is 2.00 bits per heavy atom. The van der Waals surface area contributed by atoms with E-state index in [4.69, 9.17) is 33.2 Å². The Hall–Kier alpha value is -2.04. The number of ether oxygens (including phenoxy) is 1. The Bertz CT molecular complexity index is 1030. The van der Waals surface area contributed by atoms with Crippen LogP contribution in [0.4, 0.5) is 10.2 Å². The molecule has 1 aromatic carbocycles. The maximum atomic E-state index is 14.6. The lowest BCUT2D eigenvalue weighted by Gasteiger charge is -2.22. The fourth-order valence-electron chi connectivity index (χ4n) is 2.57. The molecule has 0 saturated carbocycles. The number of benzene rings is 1. The topological polar surface area (TPSA) is 83.4 Å². The monoisotopic (exact) mass is 485 g/mol. The summed E-state index contributed by atoms with van der Waals surface area (Å²) in [6.07, 6.45) is 1.72. The van der Waals surface area contributed by atoms with Crippen molar-refractivity contribution < 1.29 is 14.2 Å². The number of aromatic nitrogens is 3. The number of rotatable bonds is 9. The van der Waals surface area contributed by atoms with E-state index in [9.17, 15) is 4.39 Å². The summed E-state index contributed by atoms with van der Waals surface area (Å²) in [5, 5.41) is 19.0. The number of pyridine rings is 1. The average molecular weight is 486 g/mol. The first-order chi connectivity index (χ1) is 14.8. The zero-order valence-corrected chi connectivity index (χ0v) is 19.5. The molecule has 0 aliphatic carbocycles. The van der Waals surface area contributed by atoms with Crippen molar-refractivity contribution in [2.45, 2.75) is 25.9 Å². The second kappa shape index (κ2) is 10.5. The predicted molar refractivity (Wildman–Crippen MR) is 122 cm³/mol. The lowest BCUT2D eigenvalue weighted by atomic mass is 10.2. The first kappa shape index (κ1) is 23.6. The van der Waals surface area contributed by atoms with Crippen molar-refractivity contribution in [2.24, 2.45) is 0 Å². The van der Waals surface area contributed by atoms with E-state index >= 15 is 0 Å². The number of nitrogens with one attached hydrogen (secondary N) is 1. The minimum absolute atomic E-state index is 0.0231. The quantitative estimate of drug-likeness (QED) is 0.434. The van der Waals surface area contributed by atoms with Gasteiger partial charge >= 0.3 is 0 Å². The molecule has 0 radical (unpaired) electrons. The van der Waals surface area contributed by atoms with Crippen LogP contribution in [0.2, 0.25) is 5.02 Å². The third-order valence-electron chi connectivity index (χ3n) is 4.62. The lowest BCUT2D eigenvalue weighted by Crippen LogP contribution is -2.32. The number of hydrogen-bond donors (Lipinski definition) is 2. The standard InChI is InChI=1S/C20H22Cl2FN5O2S/c1-11(2)28(3)18-6-12(4-5-24-18)19-26-27-20(31-19)14-7-16(23)17(8-15(14)21)30-10-13(9-29)25-22/h4-8,11,13,25,29H,9-10H2,1-3H3. The van der Waals surface area contributed by atoms with Crippen molar-refractivity contribution >= 4 is 40.5 Å². The molecule has 0 fully saturated rings. The van der Waals surface area contributed by atoms with Crippen LogP contribution >= 0.6 is 34.7 Å². The normalized spacial score (nSPS) is 12.3. The highest BCUT2D eigenvalue weighted by Gasteiger charge is 2.18. The van der Waals surface area contributed by atoms with Crippen molar-refractivity contribution in [1.29, 1.82) is 0 Å². The molecular weight excluding hydrogens is 464 g/mol. The summed E-state index contributed by atoms with van der Waals surface area (Å²) in [5.74, 6) is 0.175. The molecule has 0 spiro atoms. The number of aliphatic hydroxyl groups is 1. The smallest absolute Gasteiger partial charge is 0.165 e. The van der Waals surface area contributed by atoms with Crippen LogP contribution in [0.5, 0.6) is 5.75 Å². The second-order valence-corrected chi connectivity index (χ2v) is 8.68. The van der Waals surface area contributed by atoms with Crippen LogP contribution in [-0.2, 0) is 0 Å². The van der Waals surface area contributed by atoms with Gasteiger partial charge in [0.2, 0.25) is 0 Å². The maximum absolute atomic E-state index is 14.6. The largest absolute Gasteiger partial charge is 0.489 e. The molecule has 1 unspecified atom stereocenters. The van der Waals surface area contributed by atoms with Crippen LogP contribution < -0.4 is 14.5 Å². The predicted octanol–water partition coefficient (Wildman–Crippen LogP) is 4.39. The van der Waals surface area contributed by atoms with Gasteiger partial charge in [-0.3, -0.25) is 0 Å². The molecule has 166 valence electrons. The van der Waals surface area contributed by atoms with Crippen LogP contribution in [-0.4, -0.2) is 52.6 Å². The van der Waals surface area contributed by atoms with Gasteiger partial charge in [0.25, 0.3) is 0 Å². The Morgan fingerprint density at radius 3 is 2.68 bits per heavy atom. The molecule has 0 aliphatic heterocycles. The van der Waals surface area contributed by atoms with Gasteiger partial charge in [-0.15, -0.1) is 10.2 Å². The van der Waals surface area contributed by atoms with Crippen LogP contribution in [0.1, 0.15) is 13.8 Å². The van der Waals surface area contributed by atoms with E-state index in [0.717, 1.165) is 11.4 Å². The first-order valence-corrected chi connectivity index (χ1v) is 11.0.